The van der Waals surface area contributed by atoms with Gasteiger partial charge in [0.15, 0.2) is 17.0 Å². The summed E-state index contributed by atoms with van der Waals surface area (Å²) in [6.45, 7) is 0. The summed E-state index contributed by atoms with van der Waals surface area (Å²) in [5.74, 6) is -2.11. The van der Waals surface area contributed by atoms with Crippen LogP contribution in [0.5, 0.6) is 5.75 Å². The Labute approximate surface area is 181 Å². The quantitative estimate of drug-likeness (QED) is 0.201. The van der Waals surface area contributed by atoms with Gasteiger partial charge in [0.2, 0.25) is 0 Å². The summed E-state index contributed by atoms with van der Waals surface area (Å²) in [5.41, 5.74) is -2.72. The number of nitrogens with zero attached hydrogens (tertiary/aromatic N) is 4. The molecule has 1 amide bonds. The average Bonchev–Trinajstić information content (AvgIpc) is 3.18. The first-order valence-electron chi connectivity index (χ1n) is 9.05. The molecular weight excluding hydrogens is 450 g/mol. The Bertz CT molecular complexity index is 1400. The van der Waals surface area contributed by atoms with Crippen LogP contribution in [-0.4, -0.2) is 30.5 Å². The molecular formula is C20H11F4N5O4. The van der Waals surface area contributed by atoms with Gasteiger partial charge in [-0.1, -0.05) is 0 Å². The third-order valence-electron chi connectivity index (χ3n) is 4.53. The third-order valence-corrected chi connectivity index (χ3v) is 4.53. The Morgan fingerprint density at radius 2 is 1.79 bits per heavy atom. The standard InChI is InChI=1S/C20H11F4N5O4/c21-11-3-1-10(2-4-11)13-8-17(20(22,23)24)28-18(25-13)9-15(27-28)19(31)26-14-7-12(29(32)33)5-6-16(14)30/h1-9,30H,(H,26,31). The predicted octanol–water partition coefficient (Wildman–Crippen LogP) is 4.42. The monoisotopic (exact) mass is 461 g/mol. The first-order valence-corrected chi connectivity index (χ1v) is 9.05. The topological polar surface area (TPSA) is 123 Å². The zero-order chi connectivity index (χ0) is 23.9. The summed E-state index contributed by atoms with van der Waals surface area (Å²) in [6, 6.07) is 9.20. The maximum absolute atomic E-state index is 13.7. The second-order valence-electron chi connectivity index (χ2n) is 6.74. The number of benzene rings is 2. The summed E-state index contributed by atoms with van der Waals surface area (Å²) >= 11 is 0. The summed E-state index contributed by atoms with van der Waals surface area (Å²) in [4.78, 5) is 26.8. The van der Waals surface area contributed by atoms with Crippen molar-refractivity contribution >= 4 is 22.9 Å². The molecule has 4 rings (SSSR count). The van der Waals surface area contributed by atoms with Crippen molar-refractivity contribution < 1.29 is 32.4 Å². The number of phenols is 1. The van der Waals surface area contributed by atoms with E-state index < -0.39 is 45.6 Å². The number of nitro benzene ring substituents is 1. The number of alkyl halides is 3. The van der Waals surface area contributed by atoms with E-state index in [2.05, 4.69) is 15.4 Å². The number of nitro groups is 1. The largest absolute Gasteiger partial charge is 0.506 e. The Balaban J connectivity index is 1.77. The van der Waals surface area contributed by atoms with E-state index in [4.69, 9.17) is 0 Å². The number of halogens is 4. The first kappa shape index (κ1) is 21.7. The molecule has 0 radical (unpaired) electrons. The van der Waals surface area contributed by atoms with Crippen molar-refractivity contribution in [3.05, 3.63) is 81.9 Å². The number of phenolic OH excluding ortho intramolecular Hbond substituents is 1. The Morgan fingerprint density at radius 3 is 2.42 bits per heavy atom. The van der Waals surface area contributed by atoms with E-state index >= 15 is 0 Å². The molecule has 33 heavy (non-hydrogen) atoms. The molecule has 13 heteroatoms. The van der Waals surface area contributed by atoms with E-state index in [9.17, 15) is 37.6 Å². The Hall–Kier alpha value is -4.55. The van der Waals surface area contributed by atoms with E-state index in [0.717, 1.165) is 36.4 Å². The van der Waals surface area contributed by atoms with Crippen molar-refractivity contribution in [1.29, 1.82) is 0 Å². The van der Waals surface area contributed by atoms with E-state index in [1.54, 1.807) is 0 Å². The van der Waals surface area contributed by atoms with Crippen molar-refractivity contribution in [2.75, 3.05) is 5.32 Å². The molecule has 0 fully saturated rings. The maximum atomic E-state index is 13.7. The van der Waals surface area contributed by atoms with Gasteiger partial charge in [0.1, 0.15) is 11.6 Å². The molecule has 168 valence electrons. The average molecular weight is 461 g/mol. The lowest BCUT2D eigenvalue weighted by molar-refractivity contribution is -0.384. The highest BCUT2D eigenvalue weighted by atomic mass is 19.4. The molecule has 0 spiro atoms. The second-order valence-corrected chi connectivity index (χ2v) is 6.74. The SMILES string of the molecule is O=C(Nc1cc([N+](=O)[O-])ccc1O)c1cc2nc(-c3ccc(F)cc3)cc(C(F)(F)F)n2n1. The van der Waals surface area contributed by atoms with Gasteiger partial charge < -0.3 is 10.4 Å². The van der Waals surface area contributed by atoms with Crippen LogP contribution in [0.1, 0.15) is 16.2 Å². The molecule has 2 aromatic carbocycles. The van der Waals surface area contributed by atoms with Crippen LogP contribution in [-0.2, 0) is 6.18 Å². The summed E-state index contributed by atoms with van der Waals surface area (Å²) in [5, 5.41) is 26.6. The lowest BCUT2D eigenvalue weighted by Gasteiger charge is -2.11. The van der Waals surface area contributed by atoms with Crippen molar-refractivity contribution in [2.45, 2.75) is 6.18 Å². The number of amides is 1. The minimum absolute atomic E-state index is 0.127. The molecule has 0 atom stereocenters. The molecule has 2 heterocycles. The van der Waals surface area contributed by atoms with Crippen LogP contribution < -0.4 is 5.32 Å². The maximum Gasteiger partial charge on any atom is 0.433 e. The van der Waals surface area contributed by atoms with Gasteiger partial charge in [0, 0.05) is 23.8 Å². The van der Waals surface area contributed by atoms with Gasteiger partial charge >= 0.3 is 6.18 Å². The van der Waals surface area contributed by atoms with E-state index in [0.29, 0.717) is 10.6 Å². The fraction of sp³-hybridized carbons (Fsp3) is 0.0500. The minimum atomic E-state index is -4.87. The van der Waals surface area contributed by atoms with Crippen LogP contribution >= 0.6 is 0 Å². The Kier molecular flexibility index (Phi) is 5.16. The van der Waals surface area contributed by atoms with Crippen LogP contribution in [0.2, 0.25) is 0 Å². The number of rotatable bonds is 4. The fourth-order valence-corrected chi connectivity index (χ4v) is 2.98. The number of fused-ring (bicyclic) bond motifs is 1. The van der Waals surface area contributed by atoms with Crippen molar-refractivity contribution in [3.63, 3.8) is 0 Å². The normalized spacial score (nSPS) is 11.5. The summed E-state index contributed by atoms with van der Waals surface area (Å²) in [7, 11) is 0. The molecule has 0 unspecified atom stereocenters. The minimum Gasteiger partial charge on any atom is -0.506 e. The van der Waals surface area contributed by atoms with E-state index in [-0.39, 0.29) is 22.6 Å². The number of hydrogen-bond donors (Lipinski definition) is 2. The molecule has 9 nitrogen and oxygen atoms in total. The number of carbonyl (C=O) groups excluding carboxylic acids is 1. The molecule has 0 aliphatic carbocycles. The number of anilines is 1. The van der Waals surface area contributed by atoms with Crippen LogP contribution in [0.25, 0.3) is 16.9 Å². The highest BCUT2D eigenvalue weighted by molar-refractivity contribution is 6.04. The van der Waals surface area contributed by atoms with Crippen LogP contribution in [0.15, 0.2) is 54.6 Å². The molecule has 0 saturated heterocycles. The van der Waals surface area contributed by atoms with E-state index in [1.807, 2.05) is 0 Å². The van der Waals surface area contributed by atoms with Crippen LogP contribution in [0.4, 0.5) is 28.9 Å². The molecule has 0 bridgehead atoms. The molecule has 2 aromatic heterocycles. The number of hydrogen-bond acceptors (Lipinski definition) is 6. The first-order chi connectivity index (χ1) is 15.5. The highest BCUT2D eigenvalue weighted by Crippen LogP contribution is 2.33. The van der Waals surface area contributed by atoms with Crippen LogP contribution in [0, 0.1) is 15.9 Å². The highest BCUT2D eigenvalue weighted by Gasteiger charge is 2.35. The van der Waals surface area contributed by atoms with Gasteiger partial charge in [-0.15, -0.1) is 0 Å². The van der Waals surface area contributed by atoms with Gasteiger partial charge in [0.25, 0.3) is 11.6 Å². The van der Waals surface area contributed by atoms with Crippen LogP contribution in [0.3, 0.4) is 0 Å². The zero-order valence-electron chi connectivity index (χ0n) is 16.2. The van der Waals surface area contributed by atoms with Crippen molar-refractivity contribution in [2.24, 2.45) is 0 Å². The number of carbonyl (C=O) groups is 1. The van der Waals surface area contributed by atoms with Crippen molar-refractivity contribution in [1.82, 2.24) is 14.6 Å². The van der Waals surface area contributed by atoms with Gasteiger partial charge in [-0.25, -0.2) is 13.9 Å². The lowest BCUT2D eigenvalue weighted by Crippen LogP contribution is -2.16. The summed E-state index contributed by atoms with van der Waals surface area (Å²) < 4.78 is 54.6. The fourth-order valence-electron chi connectivity index (χ4n) is 2.98. The zero-order valence-corrected chi connectivity index (χ0v) is 16.2. The van der Waals surface area contributed by atoms with Crippen molar-refractivity contribution in [3.8, 4) is 17.0 Å². The number of aromatic nitrogens is 3. The number of non-ortho nitro benzene ring substituents is 1. The predicted molar refractivity (Wildman–Crippen MR) is 106 cm³/mol. The molecule has 0 aliphatic heterocycles. The molecule has 0 aliphatic rings. The second kappa shape index (κ2) is 7.85. The smallest absolute Gasteiger partial charge is 0.433 e. The number of nitrogens with one attached hydrogen (secondary N) is 1. The lowest BCUT2D eigenvalue weighted by atomic mass is 10.1. The van der Waals surface area contributed by atoms with E-state index in [1.165, 1.54) is 12.1 Å². The van der Waals surface area contributed by atoms with Gasteiger partial charge in [-0.05, 0) is 36.4 Å². The third kappa shape index (κ3) is 4.28. The summed E-state index contributed by atoms with van der Waals surface area (Å²) in [6.07, 6.45) is -4.87. The Morgan fingerprint density at radius 1 is 1.09 bits per heavy atom. The number of aromatic hydroxyl groups is 1. The molecule has 2 N–H and O–H groups in total. The van der Waals surface area contributed by atoms with Gasteiger partial charge in [0.05, 0.1) is 16.3 Å². The molecule has 0 saturated carbocycles. The molecule has 4 aromatic rings. The van der Waals surface area contributed by atoms with Gasteiger partial charge in [-0.2, -0.15) is 18.3 Å². The van der Waals surface area contributed by atoms with Gasteiger partial charge in [-0.3, -0.25) is 14.9 Å².